The van der Waals surface area contributed by atoms with Crippen molar-refractivity contribution in [3.63, 3.8) is 0 Å². The summed E-state index contributed by atoms with van der Waals surface area (Å²) in [5, 5.41) is 0. The molecule has 0 radical (unpaired) electrons. The van der Waals surface area contributed by atoms with E-state index < -0.39 is 5.51 Å². The molecule has 0 N–H and O–H groups in total. The quantitative estimate of drug-likeness (QED) is 0.603. The van der Waals surface area contributed by atoms with Gasteiger partial charge >= 0.3 is 5.51 Å². The lowest BCUT2D eigenvalue weighted by Crippen LogP contribution is -1.98. The first-order valence-electron chi connectivity index (χ1n) is 4.19. The third kappa shape index (κ3) is 2.62. The second-order valence-electron chi connectivity index (χ2n) is 2.92. The maximum absolute atomic E-state index is 12.1. The largest absolute Gasteiger partial charge is 0.446 e. The lowest BCUT2D eigenvalue weighted by atomic mass is 10.3. The van der Waals surface area contributed by atoms with E-state index in [1.165, 1.54) is 18.2 Å². The summed E-state index contributed by atoms with van der Waals surface area (Å²) in [6.07, 6.45) is 0. The summed E-state index contributed by atoms with van der Waals surface area (Å²) in [5.74, 6) is 0.391. The van der Waals surface area contributed by atoms with Gasteiger partial charge in [0.2, 0.25) is 5.89 Å². The number of rotatable bonds is 2. The van der Waals surface area contributed by atoms with Crippen molar-refractivity contribution in [3.05, 3.63) is 24.1 Å². The second kappa shape index (κ2) is 4.18. The van der Waals surface area contributed by atoms with Crippen LogP contribution in [0.1, 0.15) is 5.89 Å². The summed E-state index contributed by atoms with van der Waals surface area (Å²) in [5.41, 5.74) is -3.49. The fourth-order valence-corrected chi connectivity index (χ4v) is 1.89. The maximum atomic E-state index is 12.1. The molecular formula is C9H5ClF3NOS. The number of aromatic nitrogens is 1. The molecule has 16 heavy (non-hydrogen) atoms. The van der Waals surface area contributed by atoms with Gasteiger partial charge in [-0.1, -0.05) is 0 Å². The molecule has 0 aliphatic heterocycles. The number of hydrogen-bond donors (Lipinski definition) is 0. The van der Waals surface area contributed by atoms with Crippen molar-refractivity contribution in [1.29, 1.82) is 0 Å². The first kappa shape index (κ1) is 11.6. The Morgan fingerprint density at radius 1 is 1.38 bits per heavy atom. The average Bonchev–Trinajstić information content (AvgIpc) is 2.57. The number of hydrogen-bond acceptors (Lipinski definition) is 3. The first-order valence-corrected chi connectivity index (χ1v) is 5.54. The van der Waals surface area contributed by atoms with Crippen LogP contribution in [0.4, 0.5) is 13.2 Å². The minimum Gasteiger partial charge on any atom is -0.439 e. The van der Waals surface area contributed by atoms with Crippen LogP contribution in [0.2, 0.25) is 0 Å². The fraction of sp³-hybridized carbons (Fsp3) is 0.222. The minimum atomic E-state index is -4.30. The van der Waals surface area contributed by atoms with Gasteiger partial charge in [-0.3, -0.25) is 0 Å². The Kier molecular flexibility index (Phi) is 3.03. The number of halogens is 4. The van der Waals surface area contributed by atoms with Crippen LogP contribution in [0.25, 0.3) is 11.1 Å². The number of thioether (sulfide) groups is 1. The SMILES string of the molecule is FC(F)(F)Sc1ccc2nc(CCl)oc2c1. The molecule has 1 heterocycles. The number of benzene rings is 1. The third-order valence-corrected chi connectivity index (χ3v) is 2.70. The highest BCUT2D eigenvalue weighted by Gasteiger charge is 2.29. The van der Waals surface area contributed by atoms with Crippen molar-refractivity contribution < 1.29 is 17.6 Å². The van der Waals surface area contributed by atoms with Gasteiger partial charge < -0.3 is 4.42 Å². The average molecular weight is 268 g/mol. The molecule has 0 unspecified atom stereocenters. The van der Waals surface area contributed by atoms with Gasteiger partial charge in [0.15, 0.2) is 5.58 Å². The molecule has 0 saturated heterocycles. The monoisotopic (exact) mass is 267 g/mol. The molecular weight excluding hydrogens is 263 g/mol. The fourth-order valence-electron chi connectivity index (χ4n) is 1.21. The van der Waals surface area contributed by atoms with Crippen molar-refractivity contribution in [2.45, 2.75) is 16.3 Å². The molecule has 7 heteroatoms. The molecule has 2 aromatic rings. The molecule has 2 rings (SSSR count). The Morgan fingerprint density at radius 3 is 2.75 bits per heavy atom. The molecule has 1 aromatic carbocycles. The standard InChI is InChI=1S/C9H5ClF3NOS/c10-4-8-14-6-2-1-5(3-7(6)15-8)16-9(11,12)13/h1-3H,4H2. The smallest absolute Gasteiger partial charge is 0.439 e. The Labute approximate surface area is 97.8 Å². The molecule has 0 amide bonds. The van der Waals surface area contributed by atoms with Gasteiger partial charge in [-0.15, -0.1) is 11.6 Å². The third-order valence-electron chi connectivity index (χ3n) is 1.75. The highest BCUT2D eigenvalue weighted by molar-refractivity contribution is 8.00. The highest BCUT2D eigenvalue weighted by atomic mass is 35.5. The van der Waals surface area contributed by atoms with Gasteiger partial charge in [-0.05, 0) is 30.0 Å². The number of fused-ring (bicyclic) bond motifs is 1. The zero-order valence-corrected chi connectivity index (χ0v) is 9.29. The summed E-state index contributed by atoms with van der Waals surface area (Å²) in [6.45, 7) is 0. The van der Waals surface area contributed by atoms with E-state index in [1.807, 2.05) is 0 Å². The van der Waals surface area contributed by atoms with Gasteiger partial charge in [0.05, 0.1) is 5.88 Å². The van der Waals surface area contributed by atoms with Crippen molar-refractivity contribution in [3.8, 4) is 0 Å². The molecule has 0 saturated carbocycles. The minimum absolute atomic E-state index is 0.0669. The van der Waals surface area contributed by atoms with Crippen LogP contribution < -0.4 is 0 Å². The van der Waals surface area contributed by atoms with Crippen molar-refractivity contribution in [1.82, 2.24) is 4.98 Å². The lowest BCUT2D eigenvalue weighted by Gasteiger charge is -2.04. The first-order chi connectivity index (χ1) is 7.48. The zero-order chi connectivity index (χ0) is 11.8. The maximum Gasteiger partial charge on any atom is 0.446 e. The van der Waals surface area contributed by atoms with E-state index >= 15 is 0 Å². The molecule has 86 valence electrons. The number of oxazole rings is 1. The predicted octanol–water partition coefficient (Wildman–Crippen LogP) is 4.18. The van der Waals surface area contributed by atoms with Gasteiger partial charge in [0.1, 0.15) is 5.52 Å². The topological polar surface area (TPSA) is 26.0 Å². The normalized spacial score (nSPS) is 12.2. The van der Waals surface area contributed by atoms with Crippen LogP contribution in [0, 0.1) is 0 Å². The van der Waals surface area contributed by atoms with E-state index in [4.69, 9.17) is 16.0 Å². The summed E-state index contributed by atoms with van der Waals surface area (Å²) in [6, 6.07) is 4.13. The van der Waals surface area contributed by atoms with Gasteiger partial charge in [0.25, 0.3) is 0 Å². The molecule has 0 aliphatic rings. The number of nitrogens with zero attached hydrogens (tertiary/aromatic N) is 1. The second-order valence-corrected chi connectivity index (χ2v) is 4.32. The van der Waals surface area contributed by atoms with Crippen molar-refractivity contribution >= 4 is 34.5 Å². The summed E-state index contributed by atoms with van der Waals surface area (Å²) >= 11 is 5.31. The van der Waals surface area contributed by atoms with Crippen LogP contribution in [-0.4, -0.2) is 10.5 Å². The van der Waals surface area contributed by atoms with Gasteiger partial charge in [-0.25, -0.2) is 4.98 Å². The van der Waals surface area contributed by atoms with E-state index in [0.29, 0.717) is 17.0 Å². The van der Waals surface area contributed by atoms with E-state index in [1.54, 1.807) is 0 Å². The molecule has 2 nitrogen and oxygen atoms in total. The number of alkyl halides is 4. The molecule has 0 atom stereocenters. The van der Waals surface area contributed by atoms with Crippen LogP contribution in [0.15, 0.2) is 27.5 Å². The van der Waals surface area contributed by atoms with Crippen LogP contribution in [0.3, 0.4) is 0 Å². The molecule has 0 spiro atoms. The highest BCUT2D eigenvalue weighted by Crippen LogP contribution is 2.37. The van der Waals surface area contributed by atoms with E-state index in [0.717, 1.165) is 0 Å². The van der Waals surface area contributed by atoms with Crippen LogP contribution in [-0.2, 0) is 5.88 Å². The predicted molar refractivity (Wildman–Crippen MR) is 55.5 cm³/mol. The zero-order valence-electron chi connectivity index (χ0n) is 7.71. The molecule has 1 aromatic heterocycles. The van der Waals surface area contributed by atoms with E-state index in [-0.39, 0.29) is 22.5 Å². The lowest BCUT2D eigenvalue weighted by molar-refractivity contribution is -0.0328. The summed E-state index contributed by atoms with van der Waals surface area (Å²) in [4.78, 5) is 4.05. The van der Waals surface area contributed by atoms with E-state index in [9.17, 15) is 13.2 Å². The van der Waals surface area contributed by atoms with Crippen molar-refractivity contribution in [2.75, 3.05) is 0 Å². The molecule has 0 fully saturated rings. The Morgan fingerprint density at radius 2 is 2.12 bits per heavy atom. The van der Waals surface area contributed by atoms with E-state index in [2.05, 4.69) is 4.98 Å². The van der Waals surface area contributed by atoms with Crippen molar-refractivity contribution in [2.24, 2.45) is 0 Å². The Hall–Kier alpha value is -0.880. The molecule has 0 aliphatic carbocycles. The molecule has 0 bridgehead atoms. The van der Waals surface area contributed by atoms with Crippen LogP contribution >= 0.6 is 23.4 Å². The summed E-state index contributed by atoms with van der Waals surface area (Å²) in [7, 11) is 0. The van der Waals surface area contributed by atoms with Crippen LogP contribution in [0.5, 0.6) is 0 Å². The Balaban J connectivity index is 2.36. The van der Waals surface area contributed by atoms with Gasteiger partial charge in [0, 0.05) is 4.90 Å². The summed E-state index contributed by atoms with van der Waals surface area (Å²) < 4.78 is 41.5. The van der Waals surface area contributed by atoms with Gasteiger partial charge in [-0.2, -0.15) is 13.2 Å². The Bertz CT molecular complexity index is 511.